The van der Waals surface area contributed by atoms with Crippen molar-refractivity contribution in [3.8, 4) is 0 Å². The first kappa shape index (κ1) is 11.1. The largest absolute Gasteiger partial charge is 1.00 e. The maximum Gasteiger partial charge on any atom is 1.00 e. The fraction of sp³-hybridized carbons (Fsp3) is 0.286. The van der Waals surface area contributed by atoms with E-state index in [0.29, 0.717) is 5.69 Å². The number of hydrogen-bond acceptors (Lipinski definition) is 4. The number of nitrogens with zero attached hydrogens (tertiary/aromatic N) is 2. The molecule has 0 aliphatic carbocycles. The van der Waals surface area contributed by atoms with E-state index < -0.39 is 5.97 Å². The summed E-state index contributed by atoms with van der Waals surface area (Å²) in [6, 6.07) is 0. The molecule has 58 valence electrons. The van der Waals surface area contributed by atoms with Crippen molar-refractivity contribution in [2.45, 2.75) is 13.3 Å². The van der Waals surface area contributed by atoms with Crippen LogP contribution in [0.3, 0.4) is 0 Å². The molecule has 0 aromatic carbocycles. The van der Waals surface area contributed by atoms with E-state index in [9.17, 15) is 9.90 Å². The normalized spacial score (nSPS) is 8.75. The van der Waals surface area contributed by atoms with Gasteiger partial charge in [0.25, 0.3) is 0 Å². The van der Waals surface area contributed by atoms with Crippen molar-refractivity contribution in [3.05, 3.63) is 23.8 Å². The van der Waals surface area contributed by atoms with E-state index in [1.807, 2.05) is 0 Å². The Hall–Kier alpha value is -0.853. The molecular weight excluding hydrogens is 151 g/mol. The zero-order valence-electron chi connectivity index (χ0n) is 7.07. The average molecular weight is 158 g/mol. The van der Waals surface area contributed by atoms with Crippen molar-refractivity contribution in [1.29, 1.82) is 0 Å². The standard InChI is InChI=1S/C7H8N2O2.Li/c1-5-3-9-6(4-8-5)2-7(10)11;/h3-4H,2H2,1H3,(H,10,11);/q;+1/p-1. The minimum atomic E-state index is -1.14. The topological polar surface area (TPSA) is 65.9 Å². The molecule has 0 unspecified atom stereocenters. The van der Waals surface area contributed by atoms with Crippen LogP contribution < -0.4 is 24.0 Å². The number of carboxylic acids is 1. The van der Waals surface area contributed by atoms with E-state index in [0.717, 1.165) is 5.69 Å². The van der Waals surface area contributed by atoms with Gasteiger partial charge in [0.2, 0.25) is 0 Å². The van der Waals surface area contributed by atoms with Crippen LogP contribution in [-0.4, -0.2) is 15.9 Å². The number of carbonyl (C=O) groups excluding carboxylic acids is 1. The number of carboxylic acid groups (broad SMARTS) is 1. The molecule has 0 atom stereocenters. The van der Waals surface area contributed by atoms with Gasteiger partial charge < -0.3 is 9.90 Å². The van der Waals surface area contributed by atoms with Gasteiger partial charge in [0.15, 0.2) is 0 Å². The summed E-state index contributed by atoms with van der Waals surface area (Å²) >= 11 is 0. The van der Waals surface area contributed by atoms with Gasteiger partial charge >= 0.3 is 18.9 Å². The van der Waals surface area contributed by atoms with Crippen molar-refractivity contribution in [1.82, 2.24) is 9.97 Å². The fourth-order valence-electron chi connectivity index (χ4n) is 0.658. The average Bonchev–Trinajstić information content (AvgIpc) is 1.93. The third kappa shape index (κ3) is 3.51. The first-order chi connectivity index (χ1) is 5.18. The molecule has 5 heteroatoms. The maximum absolute atomic E-state index is 10.1. The molecule has 0 N–H and O–H groups in total. The second kappa shape index (κ2) is 4.91. The van der Waals surface area contributed by atoms with Crippen molar-refractivity contribution in [3.63, 3.8) is 0 Å². The molecule has 4 nitrogen and oxygen atoms in total. The molecule has 1 aromatic rings. The first-order valence-electron chi connectivity index (χ1n) is 3.16. The van der Waals surface area contributed by atoms with Gasteiger partial charge in [-0.3, -0.25) is 9.97 Å². The molecule has 1 rings (SSSR count). The summed E-state index contributed by atoms with van der Waals surface area (Å²) in [4.78, 5) is 17.8. The Balaban J connectivity index is 0.00000121. The van der Waals surface area contributed by atoms with Gasteiger partial charge in [-0.15, -0.1) is 0 Å². The molecule has 0 saturated carbocycles. The Kier molecular flexibility index (Phi) is 4.56. The third-order valence-corrected chi connectivity index (χ3v) is 1.16. The van der Waals surface area contributed by atoms with Crippen LogP contribution in [0.4, 0.5) is 0 Å². The second-order valence-corrected chi connectivity index (χ2v) is 2.20. The molecule has 1 heterocycles. The van der Waals surface area contributed by atoms with E-state index >= 15 is 0 Å². The summed E-state index contributed by atoms with van der Waals surface area (Å²) in [5, 5.41) is 10.1. The molecule has 0 aliphatic rings. The molecule has 0 amide bonds. The van der Waals surface area contributed by atoms with E-state index in [-0.39, 0.29) is 25.3 Å². The molecule has 12 heavy (non-hydrogen) atoms. The zero-order chi connectivity index (χ0) is 8.27. The van der Waals surface area contributed by atoms with Crippen molar-refractivity contribution >= 4 is 5.97 Å². The smallest absolute Gasteiger partial charge is 0.550 e. The summed E-state index contributed by atoms with van der Waals surface area (Å²) in [5.74, 6) is -1.14. The van der Waals surface area contributed by atoms with Crippen LogP contribution in [0.25, 0.3) is 0 Å². The molecule has 0 saturated heterocycles. The number of aromatic nitrogens is 2. The van der Waals surface area contributed by atoms with E-state index in [1.54, 1.807) is 6.92 Å². The molecule has 1 aromatic heterocycles. The maximum atomic E-state index is 10.1. The Bertz CT molecular complexity index is 261. The SMILES string of the molecule is Cc1cnc(CC(=O)[O-])cn1.[Li+]. The minimum absolute atomic E-state index is 0. The van der Waals surface area contributed by atoms with Crippen molar-refractivity contribution in [2.75, 3.05) is 0 Å². The van der Waals surface area contributed by atoms with Gasteiger partial charge in [-0.25, -0.2) is 0 Å². The van der Waals surface area contributed by atoms with Gasteiger partial charge in [0.05, 0.1) is 11.4 Å². The van der Waals surface area contributed by atoms with Gasteiger partial charge in [0.1, 0.15) is 0 Å². The fourth-order valence-corrected chi connectivity index (χ4v) is 0.658. The van der Waals surface area contributed by atoms with Gasteiger partial charge in [0, 0.05) is 24.8 Å². The minimum Gasteiger partial charge on any atom is -0.550 e. The van der Waals surface area contributed by atoms with Gasteiger partial charge in [-0.2, -0.15) is 0 Å². The summed E-state index contributed by atoms with van der Waals surface area (Å²) in [7, 11) is 0. The predicted molar refractivity (Wildman–Crippen MR) is 35.5 cm³/mol. The quantitative estimate of drug-likeness (QED) is 0.412. The number of aryl methyl sites for hydroxylation is 1. The van der Waals surface area contributed by atoms with Crippen LogP contribution >= 0.6 is 0 Å². The first-order valence-corrected chi connectivity index (χ1v) is 3.16. The third-order valence-electron chi connectivity index (χ3n) is 1.16. The monoisotopic (exact) mass is 158 g/mol. The van der Waals surface area contributed by atoms with Crippen molar-refractivity contribution < 1.29 is 28.8 Å². The molecule has 0 bridgehead atoms. The van der Waals surface area contributed by atoms with Crippen LogP contribution in [0, 0.1) is 6.92 Å². The van der Waals surface area contributed by atoms with Crippen LogP contribution in [0.1, 0.15) is 11.4 Å². The van der Waals surface area contributed by atoms with E-state index in [4.69, 9.17) is 0 Å². The van der Waals surface area contributed by atoms with Crippen molar-refractivity contribution in [2.24, 2.45) is 0 Å². The summed E-state index contributed by atoms with van der Waals surface area (Å²) in [6.07, 6.45) is 2.79. The second-order valence-electron chi connectivity index (χ2n) is 2.20. The number of hydrogen-bond donors (Lipinski definition) is 0. The zero-order valence-corrected chi connectivity index (χ0v) is 7.07. The molecule has 0 radical (unpaired) electrons. The summed E-state index contributed by atoms with van der Waals surface area (Å²) in [5.41, 5.74) is 1.20. The van der Waals surface area contributed by atoms with Crippen LogP contribution in [0.15, 0.2) is 12.4 Å². The van der Waals surface area contributed by atoms with Crippen LogP contribution in [0.5, 0.6) is 0 Å². The number of rotatable bonds is 2. The van der Waals surface area contributed by atoms with E-state index in [1.165, 1.54) is 12.4 Å². The Morgan fingerprint density at radius 1 is 1.50 bits per heavy atom. The van der Waals surface area contributed by atoms with E-state index in [2.05, 4.69) is 9.97 Å². The van der Waals surface area contributed by atoms with Crippen LogP contribution in [0.2, 0.25) is 0 Å². The predicted octanol–water partition coefficient (Wildman–Crippen LogP) is -3.92. The van der Waals surface area contributed by atoms with Gasteiger partial charge in [-0.1, -0.05) is 0 Å². The van der Waals surface area contributed by atoms with Gasteiger partial charge in [-0.05, 0) is 6.92 Å². The summed E-state index contributed by atoms with van der Waals surface area (Å²) in [6.45, 7) is 1.79. The number of aliphatic carboxylic acids is 1. The molecule has 0 aliphatic heterocycles. The molecule has 0 spiro atoms. The number of carbonyl (C=O) groups is 1. The molecular formula is C7H7LiN2O2. The summed E-state index contributed by atoms with van der Waals surface area (Å²) < 4.78 is 0. The Morgan fingerprint density at radius 3 is 2.58 bits per heavy atom. The Labute approximate surface area is 82.2 Å². The molecule has 0 fully saturated rings. The van der Waals surface area contributed by atoms with Crippen LogP contribution in [-0.2, 0) is 11.2 Å². The Morgan fingerprint density at radius 2 is 2.17 bits per heavy atom.